The topological polar surface area (TPSA) is 122 Å². The van der Waals surface area contributed by atoms with Crippen LogP contribution in [0.25, 0.3) is 0 Å². The Balaban J connectivity index is 3.04. The van der Waals surface area contributed by atoms with Gasteiger partial charge in [-0.3, -0.25) is 29.3 Å². The molecule has 0 aromatic carbocycles. The van der Waals surface area contributed by atoms with Gasteiger partial charge in [0.25, 0.3) is 5.56 Å². The summed E-state index contributed by atoms with van der Waals surface area (Å²) in [5.41, 5.74) is -1.15. The number of nitrogens with one attached hydrogen (secondary N) is 3. The van der Waals surface area contributed by atoms with Gasteiger partial charge in [-0.25, -0.2) is 4.79 Å². The fourth-order valence-electron chi connectivity index (χ4n) is 2.05. The molecule has 0 spiro atoms. The number of esters is 1. The number of H-pyrrole nitrogens is 1. The number of ether oxygens (including phenoxy) is 1. The van der Waals surface area contributed by atoms with E-state index in [9.17, 15) is 19.2 Å². The largest absolute Gasteiger partial charge is 0.468 e. The Hall–Kier alpha value is -2.42. The van der Waals surface area contributed by atoms with Gasteiger partial charge in [0.2, 0.25) is 5.91 Å². The molecule has 1 amide bonds. The van der Waals surface area contributed by atoms with Crippen LogP contribution in [0.4, 0.5) is 0 Å². The highest BCUT2D eigenvalue weighted by Gasteiger charge is 2.29. The molecule has 0 aliphatic rings. The monoisotopic (exact) mass is 326 g/mol. The highest BCUT2D eigenvalue weighted by atomic mass is 16.5. The molecular formula is C14H22N4O5. The number of carbonyl (C=O) groups is 2. The van der Waals surface area contributed by atoms with Crippen molar-refractivity contribution in [2.24, 2.45) is 5.92 Å². The summed E-state index contributed by atoms with van der Waals surface area (Å²) in [5, 5.41) is 5.38. The molecule has 9 nitrogen and oxygen atoms in total. The van der Waals surface area contributed by atoms with Crippen molar-refractivity contribution < 1.29 is 14.3 Å². The molecule has 0 aliphatic carbocycles. The second-order valence-electron chi connectivity index (χ2n) is 5.34. The SMILES string of the molecule is CNC(=O)C(Cn1ccc(=O)[nH]c1=O)N[C@H](C(=O)OC)C(C)C. The minimum Gasteiger partial charge on any atom is -0.468 e. The normalized spacial score (nSPS) is 13.4. The van der Waals surface area contributed by atoms with Crippen LogP contribution in [0.3, 0.4) is 0 Å². The first-order chi connectivity index (χ1) is 10.8. The minimum absolute atomic E-state index is 0.0461. The maximum absolute atomic E-state index is 12.1. The van der Waals surface area contributed by atoms with E-state index in [1.165, 1.54) is 31.0 Å². The van der Waals surface area contributed by atoms with Crippen LogP contribution in [-0.4, -0.2) is 47.7 Å². The number of aromatic amines is 1. The molecule has 0 saturated heterocycles. The van der Waals surface area contributed by atoms with E-state index in [0.29, 0.717) is 0 Å². The Labute approximate surface area is 133 Å². The maximum atomic E-state index is 12.1. The molecule has 1 aromatic heterocycles. The Morgan fingerprint density at radius 1 is 1.35 bits per heavy atom. The molecule has 9 heteroatoms. The van der Waals surface area contributed by atoms with Crippen molar-refractivity contribution in [3.63, 3.8) is 0 Å². The second kappa shape index (κ2) is 8.28. The highest BCUT2D eigenvalue weighted by Crippen LogP contribution is 2.06. The Bertz CT molecular complexity index is 664. The number of rotatable bonds is 7. The number of hydrogen-bond acceptors (Lipinski definition) is 6. The quantitative estimate of drug-likeness (QED) is 0.521. The van der Waals surface area contributed by atoms with Crippen LogP contribution in [0.2, 0.25) is 0 Å². The molecule has 1 heterocycles. The molecule has 1 aromatic rings. The fraction of sp³-hybridized carbons (Fsp3) is 0.571. The van der Waals surface area contributed by atoms with Crippen molar-refractivity contribution in [1.82, 2.24) is 20.2 Å². The van der Waals surface area contributed by atoms with E-state index in [-0.39, 0.29) is 12.5 Å². The van der Waals surface area contributed by atoms with Crippen molar-refractivity contribution >= 4 is 11.9 Å². The van der Waals surface area contributed by atoms with Gasteiger partial charge in [0.05, 0.1) is 13.7 Å². The van der Waals surface area contributed by atoms with Gasteiger partial charge in [-0.05, 0) is 5.92 Å². The van der Waals surface area contributed by atoms with Gasteiger partial charge >= 0.3 is 11.7 Å². The molecule has 128 valence electrons. The van der Waals surface area contributed by atoms with E-state index in [2.05, 4.69) is 15.6 Å². The van der Waals surface area contributed by atoms with E-state index in [1.807, 2.05) is 13.8 Å². The summed E-state index contributed by atoms with van der Waals surface area (Å²) in [6, 6.07) is -0.376. The number of carbonyl (C=O) groups excluding carboxylic acids is 2. The first-order valence-electron chi connectivity index (χ1n) is 7.15. The van der Waals surface area contributed by atoms with Crippen LogP contribution in [0.5, 0.6) is 0 Å². The first-order valence-corrected chi connectivity index (χ1v) is 7.15. The van der Waals surface area contributed by atoms with Crippen molar-refractivity contribution in [3.05, 3.63) is 33.1 Å². The smallest absolute Gasteiger partial charge is 0.328 e. The number of nitrogens with zero attached hydrogens (tertiary/aromatic N) is 1. The van der Waals surface area contributed by atoms with Crippen LogP contribution in [-0.2, 0) is 20.9 Å². The first kappa shape index (κ1) is 18.6. The van der Waals surface area contributed by atoms with Gasteiger partial charge in [-0.2, -0.15) is 0 Å². The Morgan fingerprint density at radius 3 is 2.48 bits per heavy atom. The lowest BCUT2D eigenvalue weighted by molar-refractivity contribution is -0.144. The van der Waals surface area contributed by atoms with Crippen molar-refractivity contribution in [2.75, 3.05) is 14.2 Å². The molecule has 1 rings (SSSR count). The van der Waals surface area contributed by atoms with E-state index in [4.69, 9.17) is 4.74 Å². The van der Waals surface area contributed by atoms with Gasteiger partial charge in [-0.1, -0.05) is 13.8 Å². The number of methoxy groups -OCH3 is 1. The molecule has 0 fully saturated rings. The highest BCUT2D eigenvalue weighted by molar-refractivity contribution is 5.83. The summed E-state index contributed by atoms with van der Waals surface area (Å²) in [7, 11) is 2.72. The average molecular weight is 326 g/mol. The fourth-order valence-corrected chi connectivity index (χ4v) is 2.05. The number of amides is 1. The summed E-state index contributed by atoms with van der Waals surface area (Å²) in [6.07, 6.45) is 1.29. The molecule has 0 bridgehead atoms. The zero-order valence-corrected chi connectivity index (χ0v) is 13.6. The predicted octanol–water partition coefficient (Wildman–Crippen LogP) is -1.56. The Kier molecular flexibility index (Phi) is 6.70. The summed E-state index contributed by atoms with van der Waals surface area (Å²) >= 11 is 0. The zero-order valence-electron chi connectivity index (χ0n) is 13.6. The third-order valence-electron chi connectivity index (χ3n) is 3.34. The van der Waals surface area contributed by atoms with Gasteiger partial charge < -0.3 is 10.1 Å². The van der Waals surface area contributed by atoms with Gasteiger partial charge in [0.1, 0.15) is 12.1 Å². The van der Waals surface area contributed by atoms with Gasteiger partial charge in [0.15, 0.2) is 0 Å². The lowest BCUT2D eigenvalue weighted by Crippen LogP contribution is -2.55. The van der Waals surface area contributed by atoms with E-state index >= 15 is 0 Å². The molecule has 23 heavy (non-hydrogen) atoms. The summed E-state index contributed by atoms with van der Waals surface area (Å²) in [5.74, 6) is -1.01. The van der Waals surface area contributed by atoms with E-state index in [1.54, 1.807) is 0 Å². The third-order valence-corrected chi connectivity index (χ3v) is 3.34. The molecular weight excluding hydrogens is 304 g/mol. The number of hydrogen-bond donors (Lipinski definition) is 3. The molecule has 3 N–H and O–H groups in total. The molecule has 1 unspecified atom stereocenters. The summed E-state index contributed by atoms with van der Waals surface area (Å²) in [4.78, 5) is 48.8. The van der Waals surface area contributed by atoms with Crippen LogP contribution >= 0.6 is 0 Å². The lowest BCUT2D eigenvalue weighted by atomic mass is 10.0. The lowest BCUT2D eigenvalue weighted by Gasteiger charge is -2.26. The number of likely N-dealkylation sites (N-methyl/N-ethyl adjacent to an activating group) is 1. The second-order valence-corrected chi connectivity index (χ2v) is 5.34. The van der Waals surface area contributed by atoms with Crippen LogP contribution in [0.15, 0.2) is 21.9 Å². The van der Waals surface area contributed by atoms with Crippen molar-refractivity contribution in [3.8, 4) is 0 Å². The van der Waals surface area contributed by atoms with Gasteiger partial charge in [0, 0.05) is 19.3 Å². The van der Waals surface area contributed by atoms with Crippen LogP contribution < -0.4 is 21.9 Å². The van der Waals surface area contributed by atoms with Crippen LogP contribution in [0, 0.1) is 5.92 Å². The predicted molar refractivity (Wildman–Crippen MR) is 83.0 cm³/mol. The summed E-state index contributed by atoms with van der Waals surface area (Å²) < 4.78 is 5.91. The Morgan fingerprint density at radius 2 is 2.00 bits per heavy atom. The molecule has 0 radical (unpaired) electrons. The average Bonchev–Trinajstić information content (AvgIpc) is 2.51. The van der Waals surface area contributed by atoms with Crippen molar-refractivity contribution in [2.45, 2.75) is 32.5 Å². The molecule has 2 atom stereocenters. The van der Waals surface area contributed by atoms with E-state index in [0.717, 1.165) is 0 Å². The standard InChI is InChI=1S/C14H22N4O5/c1-8(2)11(13(21)23-4)16-9(12(20)15-3)7-18-6-5-10(19)17-14(18)22/h5-6,8-9,11,16H,7H2,1-4H3,(H,15,20)(H,17,19,22)/t9?,11-/m0/s1. The van der Waals surface area contributed by atoms with E-state index < -0.39 is 35.2 Å². The van der Waals surface area contributed by atoms with Crippen LogP contribution in [0.1, 0.15) is 13.8 Å². The maximum Gasteiger partial charge on any atom is 0.328 e. The minimum atomic E-state index is -0.852. The molecule has 0 aliphatic heterocycles. The number of aromatic nitrogens is 2. The summed E-state index contributed by atoms with van der Waals surface area (Å²) in [6.45, 7) is 3.57. The zero-order chi connectivity index (χ0) is 17.6. The molecule has 0 saturated carbocycles. The van der Waals surface area contributed by atoms with Crippen molar-refractivity contribution in [1.29, 1.82) is 0 Å². The third kappa shape index (κ3) is 5.06. The van der Waals surface area contributed by atoms with Gasteiger partial charge in [-0.15, -0.1) is 0 Å².